The van der Waals surface area contributed by atoms with Crippen molar-refractivity contribution in [2.45, 2.75) is 6.92 Å². The first-order valence-corrected chi connectivity index (χ1v) is 9.25. The van der Waals surface area contributed by atoms with E-state index in [1.807, 2.05) is 35.0 Å². The van der Waals surface area contributed by atoms with Crippen molar-refractivity contribution >= 4 is 38.6 Å². The fourth-order valence-corrected chi connectivity index (χ4v) is 4.14. The lowest BCUT2D eigenvalue weighted by Gasteiger charge is -2.07. The van der Waals surface area contributed by atoms with Gasteiger partial charge in [0.25, 0.3) is 0 Å². The van der Waals surface area contributed by atoms with E-state index in [0.717, 1.165) is 22.8 Å². The highest BCUT2D eigenvalue weighted by molar-refractivity contribution is 7.22. The molecule has 0 radical (unpaired) electrons. The molecule has 0 saturated heterocycles. The molecule has 0 spiro atoms. The number of hydrogen-bond acceptors (Lipinski definition) is 4. The zero-order chi connectivity index (χ0) is 17.5. The lowest BCUT2D eigenvalue weighted by molar-refractivity contribution is 0.951. The van der Waals surface area contributed by atoms with Crippen LogP contribution in [-0.2, 0) is 0 Å². The summed E-state index contributed by atoms with van der Waals surface area (Å²) in [5.74, 6) is 0.795. The fraction of sp³-hybridized carbons (Fsp3) is 0.0476. The molecule has 0 unspecified atom stereocenters. The minimum Gasteiger partial charge on any atom is -0.339 e. The van der Waals surface area contributed by atoms with E-state index in [9.17, 15) is 0 Å². The SMILES string of the molecule is Cc1cccc(Nc2ccc3ncc(-c4cc5ccccc5s4)n3n2)c1. The van der Waals surface area contributed by atoms with E-state index in [-0.39, 0.29) is 0 Å². The van der Waals surface area contributed by atoms with Crippen molar-refractivity contribution in [2.24, 2.45) is 0 Å². The molecule has 4 nitrogen and oxygen atoms in total. The van der Waals surface area contributed by atoms with E-state index >= 15 is 0 Å². The van der Waals surface area contributed by atoms with Crippen LogP contribution >= 0.6 is 11.3 Å². The molecule has 0 atom stereocenters. The van der Waals surface area contributed by atoms with Crippen molar-refractivity contribution in [3.8, 4) is 10.6 Å². The summed E-state index contributed by atoms with van der Waals surface area (Å²) in [4.78, 5) is 5.67. The number of nitrogens with one attached hydrogen (secondary N) is 1. The summed E-state index contributed by atoms with van der Waals surface area (Å²) in [6.07, 6.45) is 1.89. The summed E-state index contributed by atoms with van der Waals surface area (Å²) in [5.41, 5.74) is 4.09. The number of rotatable bonds is 3. The van der Waals surface area contributed by atoms with E-state index < -0.39 is 0 Å². The summed E-state index contributed by atoms with van der Waals surface area (Å²) < 4.78 is 3.18. The van der Waals surface area contributed by atoms with Gasteiger partial charge in [0.2, 0.25) is 0 Å². The number of thiophene rings is 1. The largest absolute Gasteiger partial charge is 0.339 e. The van der Waals surface area contributed by atoms with Gasteiger partial charge in [-0.15, -0.1) is 16.4 Å². The number of benzene rings is 2. The Kier molecular flexibility index (Phi) is 3.47. The lowest BCUT2D eigenvalue weighted by atomic mass is 10.2. The van der Waals surface area contributed by atoms with Crippen molar-refractivity contribution in [2.75, 3.05) is 5.32 Å². The van der Waals surface area contributed by atoms with Gasteiger partial charge in [0.05, 0.1) is 11.1 Å². The smallest absolute Gasteiger partial charge is 0.154 e. The zero-order valence-electron chi connectivity index (χ0n) is 14.2. The predicted molar refractivity (Wildman–Crippen MR) is 108 cm³/mol. The number of aromatic nitrogens is 3. The molecule has 5 rings (SSSR count). The molecule has 0 fully saturated rings. The molecule has 26 heavy (non-hydrogen) atoms. The Balaban J connectivity index is 1.58. The average Bonchev–Trinajstić information content (AvgIpc) is 3.25. The standard InChI is InChI=1S/C21H16N4S/c1-14-5-4-7-16(11-14)23-20-9-10-21-22-13-17(25(21)24-20)19-12-15-6-2-3-8-18(15)26-19/h2-13H,1H3,(H,23,24). The molecular formula is C21H16N4S. The Hall–Kier alpha value is -3.18. The predicted octanol–water partition coefficient (Wildman–Crippen LogP) is 5.66. The van der Waals surface area contributed by atoms with Crippen LogP contribution in [0.25, 0.3) is 26.3 Å². The van der Waals surface area contributed by atoms with Crippen molar-refractivity contribution in [1.29, 1.82) is 0 Å². The van der Waals surface area contributed by atoms with Crippen LogP contribution in [0.2, 0.25) is 0 Å². The van der Waals surface area contributed by atoms with E-state index in [1.54, 1.807) is 11.3 Å². The molecule has 0 amide bonds. The highest BCUT2D eigenvalue weighted by Gasteiger charge is 2.11. The summed E-state index contributed by atoms with van der Waals surface area (Å²) in [6.45, 7) is 2.08. The van der Waals surface area contributed by atoms with Gasteiger partial charge in [-0.05, 0) is 54.3 Å². The quantitative estimate of drug-likeness (QED) is 0.453. The molecule has 3 aromatic heterocycles. The van der Waals surface area contributed by atoms with Gasteiger partial charge < -0.3 is 5.32 Å². The number of imidazole rings is 1. The van der Waals surface area contributed by atoms with Crippen molar-refractivity contribution in [3.05, 3.63) is 78.5 Å². The van der Waals surface area contributed by atoms with E-state index in [0.29, 0.717) is 0 Å². The monoisotopic (exact) mass is 356 g/mol. The summed E-state index contributed by atoms with van der Waals surface area (Å²) >= 11 is 1.76. The van der Waals surface area contributed by atoms with Crippen LogP contribution in [-0.4, -0.2) is 14.6 Å². The second-order valence-electron chi connectivity index (χ2n) is 6.27. The van der Waals surface area contributed by atoms with Gasteiger partial charge in [0, 0.05) is 10.4 Å². The molecule has 1 N–H and O–H groups in total. The molecule has 5 aromatic rings. The maximum absolute atomic E-state index is 4.76. The van der Waals surface area contributed by atoms with Crippen LogP contribution in [0.5, 0.6) is 0 Å². The molecule has 0 aliphatic rings. The maximum atomic E-state index is 4.76. The third-order valence-corrected chi connectivity index (χ3v) is 5.47. The van der Waals surface area contributed by atoms with E-state index in [1.165, 1.54) is 20.5 Å². The summed E-state index contributed by atoms with van der Waals surface area (Å²) in [7, 11) is 0. The highest BCUT2D eigenvalue weighted by Crippen LogP contribution is 2.33. The summed E-state index contributed by atoms with van der Waals surface area (Å²) in [5, 5.41) is 9.38. The van der Waals surface area contributed by atoms with Gasteiger partial charge in [-0.1, -0.05) is 30.3 Å². The second kappa shape index (κ2) is 5.97. The Morgan fingerprint density at radius 2 is 1.88 bits per heavy atom. The Morgan fingerprint density at radius 1 is 0.962 bits per heavy atom. The fourth-order valence-electron chi connectivity index (χ4n) is 3.09. The van der Waals surface area contributed by atoms with E-state index in [2.05, 4.69) is 59.7 Å². The molecule has 3 heterocycles. The molecule has 2 aromatic carbocycles. The van der Waals surface area contributed by atoms with Crippen molar-refractivity contribution in [1.82, 2.24) is 14.6 Å². The molecule has 0 aliphatic carbocycles. The van der Waals surface area contributed by atoms with Gasteiger partial charge in [-0.25, -0.2) is 9.50 Å². The second-order valence-corrected chi connectivity index (χ2v) is 7.36. The Bertz CT molecular complexity index is 1200. The topological polar surface area (TPSA) is 42.2 Å². The van der Waals surface area contributed by atoms with Gasteiger partial charge in [-0.3, -0.25) is 0 Å². The van der Waals surface area contributed by atoms with Crippen LogP contribution in [0.3, 0.4) is 0 Å². The van der Waals surface area contributed by atoms with Gasteiger partial charge in [0.15, 0.2) is 11.5 Å². The van der Waals surface area contributed by atoms with Crippen molar-refractivity contribution < 1.29 is 0 Å². The number of nitrogens with zero attached hydrogens (tertiary/aromatic N) is 3. The maximum Gasteiger partial charge on any atom is 0.154 e. The van der Waals surface area contributed by atoms with Crippen molar-refractivity contribution in [3.63, 3.8) is 0 Å². The third kappa shape index (κ3) is 2.62. The zero-order valence-corrected chi connectivity index (χ0v) is 15.0. The van der Waals surface area contributed by atoms with Crippen LogP contribution < -0.4 is 5.32 Å². The lowest BCUT2D eigenvalue weighted by Crippen LogP contribution is -2.00. The van der Waals surface area contributed by atoms with Gasteiger partial charge in [-0.2, -0.15) is 0 Å². The third-order valence-electron chi connectivity index (χ3n) is 4.33. The number of aryl methyl sites for hydroxylation is 1. The highest BCUT2D eigenvalue weighted by atomic mass is 32.1. The molecule has 126 valence electrons. The Labute approximate surface area is 154 Å². The van der Waals surface area contributed by atoms with E-state index in [4.69, 9.17) is 5.10 Å². The van der Waals surface area contributed by atoms with Crippen LogP contribution in [0.15, 0.2) is 72.9 Å². The van der Waals surface area contributed by atoms with Gasteiger partial charge in [0.1, 0.15) is 5.69 Å². The van der Waals surface area contributed by atoms with Crippen LogP contribution in [0.1, 0.15) is 5.56 Å². The number of anilines is 2. The minimum atomic E-state index is 0.795. The molecule has 0 saturated carbocycles. The van der Waals surface area contributed by atoms with Crippen LogP contribution in [0, 0.1) is 6.92 Å². The first-order valence-electron chi connectivity index (χ1n) is 8.44. The first kappa shape index (κ1) is 15.1. The first-order chi connectivity index (χ1) is 12.8. The number of hydrogen-bond donors (Lipinski definition) is 1. The average molecular weight is 356 g/mol. The molecule has 0 aliphatic heterocycles. The Morgan fingerprint density at radius 3 is 2.77 bits per heavy atom. The normalized spacial score (nSPS) is 11.3. The molecule has 5 heteroatoms. The summed E-state index contributed by atoms with van der Waals surface area (Å²) in [6, 6.07) is 22.8. The number of fused-ring (bicyclic) bond motifs is 2. The van der Waals surface area contributed by atoms with Gasteiger partial charge >= 0.3 is 0 Å². The molecular weight excluding hydrogens is 340 g/mol. The van der Waals surface area contributed by atoms with Crippen LogP contribution in [0.4, 0.5) is 11.5 Å². The molecule has 0 bridgehead atoms. The minimum absolute atomic E-state index is 0.795.